The van der Waals surface area contributed by atoms with E-state index < -0.39 is 0 Å². The Hall–Kier alpha value is -1.88. The highest BCUT2D eigenvalue weighted by Crippen LogP contribution is 2.32. The molecular formula is C13H8BrFN2O. The Morgan fingerprint density at radius 2 is 1.94 bits per heavy atom. The van der Waals surface area contributed by atoms with Gasteiger partial charge in [-0.05, 0) is 36.4 Å². The van der Waals surface area contributed by atoms with Crippen LogP contribution in [0.3, 0.4) is 0 Å². The van der Waals surface area contributed by atoms with Crippen molar-refractivity contribution in [3.8, 4) is 11.5 Å². The van der Waals surface area contributed by atoms with Gasteiger partial charge in [-0.2, -0.15) is 5.10 Å². The Morgan fingerprint density at radius 1 is 1.17 bits per heavy atom. The van der Waals surface area contributed by atoms with Crippen molar-refractivity contribution in [2.24, 2.45) is 0 Å². The van der Waals surface area contributed by atoms with Gasteiger partial charge in [0.2, 0.25) is 0 Å². The molecule has 0 aliphatic heterocycles. The van der Waals surface area contributed by atoms with Gasteiger partial charge in [0, 0.05) is 4.47 Å². The quantitative estimate of drug-likeness (QED) is 0.768. The van der Waals surface area contributed by atoms with Gasteiger partial charge in [-0.15, -0.1) is 0 Å². The number of fused-ring (bicyclic) bond motifs is 1. The molecule has 1 heterocycles. The summed E-state index contributed by atoms with van der Waals surface area (Å²) in [4.78, 5) is 0. The average molecular weight is 307 g/mol. The van der Waals surface area contributed by atoms with Crippen molar-refractivity contribution in [3.05, 3.63) is 52.9 Å². The van der Waals surface area contributed by atoms with E-state index in [1.165, 1.54) is 12.1 Å². The zero-order valence-corrected chi connectivity index (χ0v) is 10.7. The Bertz CT molecular complexity index is 694. The van der Waals surface area contributed by atoms with Crippen molar-refractivity contribution in [1.82, 2.24) is 10.2 Å². The Kier molecular flexibility index (Phi) is 2.76. The lowest BCUT2D eigenvalue weighted by molar-refractivity contribution is 0.486. The maximum atomic E-state index is 12.8. The molecular weight excluding hydrogens is 299 g/mol. The molecule has 2 aromatic carbocycles. The highest BCUT2D eigenvalue weighted by molar-refractivity contribution is 9.10. The van der Waals surface area contributed by atoms with Crippen LogP contribution in [0.4, 0.5) is 4.39 Å². The van der Waals surface area contributed by atoms with E-state index in [1.54, 1.807) is 18.3 Å². The summed E-state index contributed by atoms with van der Waals surface area (Å²) < 4.78 is 19.4. The number of aromatic amines is 1. The molecule has 0 bridgehead atoms. The smallest absolute Gasteiger partial charge is 0.139 e. The van der Waals surface area contributed by atoms with Crippen LogP contribution in [0.2, 0.25) is 0 Å². The summed E-state index contributed by atoms with van der Waals surface area (Å²) in [5, 5.41) is 7.73. The maximum Gasteiger partial charge on any atom is 0.139 e. The third-order valence-corrected chi connectivity index (χ3v) is 2.98. The summed E-state index contributed by atoms with van der Waals surface area (Å²) in [6.07, 6.45) is 1.70. The van der Waals surface area contributed by atoms with Crippen molar-refractivity contribution in [1.29, 1.82) is 0 Å². The second-order valence-electron chi connectivity index (χ2n) is 3.79. The molecule has 90 valence electrons. The Balaban J connectivity index is 2.03. The normalized spacial score (nSPS) is 10.8. The number of halogens is 2. The first-order chi connectivity index (χ1) is 8.72. The van der Waals surface area contributed by atoms with Crippen LogP contribution < -0.4 is 4.74 Å². The van der Waals surface area contributed by atoms with E-state index in [2.05, 4.69) is 26.1 Å². The molecule has 3 rings (SSSR count). The number of hydrogen-bond acceptors (Lipinski definition) is 2. The van der Waals surface area contributed by atoms with E-state index in [9.17, 15) is 4.39 Å². The monoisotopic (exact) mass is 306 g/mol. The summed E-state index contributed by atoms with van der Waals surface area (Å²) in [5.74, 6) is 0.960. The molecule has 0 spiro atoms. The lowest BCUT2D eigenvalue weighted by Crippen LogP contribution is -1.85. The third-order valence-electron chi connectivity index (χ3n) is 2.53. The maximum absolute atomic E-state index is 12.8. The first-order valence-electron chi connectivity index (χ1n) is 5.28. The largest absolute Gasteiger partial charge is 0.457 e. The van der Waals surface area contributed by atoms with Gasteiger partial charge in [-0.3, -0.25) is 5.10 Å². The molecule has 5 heteroatoms. The lowest BCUT2D eigenvalue weighted by atomic mass is 10.2. The second-order valence-corrected chi connectivity index (χ2v) is 4.71. The molecule has 1 aromatic heterocycles. The van der Waals surface area contributed by atoms with Gasteiger partial charge in [0.15, 0.2) is 0 Å². The molecule has 3 nitrogen and oxygen atoms in total. The molecule has 0 saturated heterocycles. The number of aromatic nitrogens is 2. The number of ether oxygens (including phenoxy) is 1. The summed E-state index contributed by atoms with van der Waals surface area (Å²) in [7, 11) is 0. The van der Waals surface area contributed by atoms with E-state index in [0.717, 1.165) is 15.4 Å². The number of nitrogens with one attached hydrogen (secondary N) is 1. The first-order valence-corrected chi connectivity index (χ1v) is 6.08. The SMILES string of the molecule is Fc1ccc(Oc2cc(Br)cc3[nH]ncc23)cc1. The van der Waals surface area contributed by atoms with Crippen LogP contribution >= 0.6 is 15.9 Å². The third kappa shape index (κ3) is 2.09. The van der Waals surface area contributed by atoms with Gasteiger partial charge in [0.1, 0.15) is 17.3 Å². The van der Waals surface area contributed by atoms with Crippen molar-refractivity contribution >= 4 is 26.8 Å². The molecule has 0 aliphatic rings. The Morgan fingerprint density at radius 3 is 2.72 bits per heavy atom. The van der Waals surface area contributed by atoms with Gasteiger partial charge in [0.25, 0.3) is 0 Å². The molecule has 0 fully saturated rings. The van der Waals surface area contributed by atoms with Gasteiger partial charge in [-0.1, -0.05) is 15.9 Å². The fraction of sp³-hybridized carbons (Fsp3) is 0. The fourth-order valence-corrected chi connectivity index (χ4v) is 2.14. The lowest BCUT2D eigenvalue weighted by Gasteiger charge is -2.07. The molecule has 0 aliphatic carbocycles. The fourth-order valence-electron chi connectivity index (χ4n) is 1.70. The van der Waals surface area contributed by atoms with Crippen molar-refractivity contribution in [3.63, 3.8) is 0 Å². The summed E-state index contributed by atoms with van der Waals surface area (Å²) in [6.45, 7) is 0. The zero-order valence-electron chi connectivity index (χ0n) is 9.15. The van der Waals surface area contributed by atoms with E-state index in [1.807, 2.05) is 12.1 Å². The number of H-pyrrole nitrogens is 1. The Labute approximate surface area is 111 Å². The molecule has 18 heavy (non-hydrogen) atoms. The standard InChI is InChI=1S/C13H8BrFN2O/c14-8-5-12-11(7-16-17-12)13(6-8)18-10-3-1-9(15)2-4-10/h1-7H,(H,16,17). The van der Waals surface area contributed by atoms with Crippen LogP contribution in [0.1, 0.15) is 0 Å². The van der Waals surface area contributed by atoms with Crippen LogP contribution in [0.25, 0.3) is 10.9 Å². The summed E-state index contributed by atoms with van der Waals surface area (Å²) >= 11 is 3.41. The molecule has 3 aromatic rings. The predicted molar refractivity (Wildman–Crippen MR) is 70.3 cm³/mol. The van der Waals surface area contributed by atoms with Gasteiger partial charge >= 0.3 is 0 Å². The van der Waals surface area contributed by atoms with Gasteiger partial charge < -0.3 is 4.74 Å². The minimum Gasteiger partial charge on any atom is -0.457 e. The zero-order chi connectivity index (χ0) is 12.5. The van der Waals surface area contributed by atoms with Gasteiger partial charge in [0.05, 0.1) is 17.1 Å². The van der Waals surface area contributed by atoms with Crippen LogP contribution in [0.15, 0.2) is 47.1 Å². The second kappa shape index (κ2) is 4.42. The average Bonchev–Trinajstić information content (AvgIpc) is 2.80. The molecule has 0 amide bonds. The van der Waals surface area contributed by atoms with Crippen LogP contribution in [-0.2, 0) is 0 Å². The predicted octanol–water partition coefficient (Wildman–Crippen LogP) is 4.26. The molecule has 1 N–H and O–H groups in total. The van der Waals surface area contributed by atoms with E-state index in [4.69, 9.17) is 4.74 Å². The highest BCUT2D eigenvalue weighted by Gasteiger charge is 2.07. The van der Waals surface area contributed by atoms with E-state index in [0.29, 0.717) is 11.5 Å². The van der Waals surface area contributed by atoms with Crippen molar-refractivity contribution in [2.45, 2.75) is 0 Å². The number of benzene rings is 2. The molecule has 0 unspecified atom stereocenters. The van der Waals surface area contributed by atoms with Crippen molar-refractivity contribution < 1.29 is 9.13 Å². The molecule has 0 saturated carbocycles. The number of rotatable bonds is 2. The van der Waals surface area contributed by atoms with Crippen LogP contribution in [-0.4, -0.2) is 10.2 Å². The molecule has 0 atom stereocenters. The first kappa shape index (κ1) is 11.2. The summed E-state index contributed by atoms with van der Waals surface area (Å²) in [5.41, 5.74) is 0.876. The van der Waals surface area contributed by atoms with Crippen LogP contribution in [0, 0.1) is 5.82 Å². The minimum absolute atomic E-state index is 0.287. The number of hydrogen-bond donors (Lipinski definition) is 1. The van der Waals surface area contributed by atoms with E-state index in [-0.39, 0.29) is 5.82 Å². The molecule has 0 radical (unpaired) electrons. The topological polar surface area (TPSA) is 37.9 Å². The minimum atomic E-state index is -0.287. The van der Waals surface area contributed by atoms with E-state index >= 15 is 0 Å². The number of nitrogens with zero attached hydrogens (tertiary/aromatic N) is 1. The van der Waals surface area contributed by atoms with Crippen LogP contribution in [0.5, 0.6) is 11.5 Å². The summed E-state index contributed by atoms with van der Waals surface area (Å²) in [6, 6.07) is 9.66. The highest BCUT2D eigenvalue weighted by atomic mass is 79.9. The van der Waals surface area contributed by atoms with Gasteiger partial charge in [-0.25, -0.2) is 4.39 Å². The van der Waals surface area contributed by atoms with Crippen molar-refractivity contribution in [2.75, 3.05) is 0 Å².